The molecule has 134 valence electrons. The molecule has 1 saturated heterocycles. The minimum absolute atomic E-state index is 0.0175. The molecule has 0 radical (unpaired) electrons. The molecule has 1 heterocycles. The summed E-state index contributed by atoms with van der Waals surface area (Å²) in [6.07, 6.45) is -0.674. The van der Waals surface area contributed by atoms with Gasteiger partial charge in [0.25, 0.3) is 5.91 Å². The number of nitrogens with one attached hydrogen (secondary N) is 2. The van der Waals surface area contributed by atoms with Gasteiger partial charge in [0, 0.05) is 5.69 Å². The first-order valence-electron chi connectivity index (χ1n) is 8.22. The fraction of sp³-hybridized carbons (Fsp3) is 0.211. The number of benzene rings is 2. The van der Waals surface area contributed by atoms with Gasteiger partial charge in [-0.3, -0.25) is 14.5 Å². The Morgan fingerprint density at radius 3 is 2.65 bits per heavy atom. The first-order valence-corrected chi connectivity index (χ1v) is 8.22. The normalized spacial score (nSPS) is 14.7. The van der Waals surface area contributed by atoms with Crippen molar-refractivity contribution in [2.75, 3.05) is 11.9 Å². The average molecular weight is 353 g/mol. The molecule has 4 amide bonds. The van der Waals surface area contributed by atoms with Crippen molar-refractivity contribution < 1.29 is 19.1 Å². The molecule has 0 aliphatic carbocycles. The third kappa shape index (κ3) is 4.18. The van der Waals surface area contributed by atoms with Crippen LogP contribution in [0.5, 0.6) is 5.75 Å². The number of nitrogens with zero attached hydrogens (tertiary/aromatic N) is 1. The number of imide groups is 1. The van der Waals surface area contributed by atoms with E-state index in [0.717, 1.165) is 10.5 Å². The SMILES string of the molecule is C[C@H](Oc1ccccc1)C(=O)Nc1cccc(CN2C(=O)CNC2=O)c1. The van der Waals surface area contributed by atoms with E-state index in [9.17, 15) is 14.4 Å². The van der Waals surface area contributed by atoms with Gasteiger partial charge in [0.2, 0.25) is 5.91 Å². The van der Waals surface area contributed by atoms with Crippen molar-refractivity contribution in [2.45, 2.75) is 19.6 Å². The molecule has 26 heavy (non-hydrogen) atoms. The lowest BCUT2D eigenvalue weighted by Crippen LogP contribution is -2.31. The highest BCUT2D eigenvalue weighted by molar-refractivity contribution is 6.01. The molecule has 1 aliphatic heterocycles. The molecule has 2 aromatic rings. The lowest BCUT2D eigenvalue weighted by molar-refractivity contribution is -0.125. The zero-order chi connectivity index (χ0) is 18.5. The quantitative estimate of drug-likeness (QED) is 0.779. The number of para-hydroxylation sites is 1. The fourth-order valence-electron chi connectivity index (χ4n) is 2.55. The number of urea groups is 1. The van der Waals surface area contributed by atoms with Gasteiger partial charge >= 0.3 is 6.03 Å². The molecular weight excluding hydrogens is 334 g/mol. The van der Waals surface area contributed by atoms with Crippen molar-refractivity contribution in [1.29, 1.82) is 0 Å². The Labute approximate surface area is 150 Å². The Bertz CT molecular complexity index is 807. The van der Waals surface area contributed by atoms with Crippen LogP contribution in [0.4, 0.5) is 10.5 Å². The number of hydrogen-bond donors (Lipinski definition) is 2. The van der Waals surface area contributed by atoms with Crippen LogP contribution in [-0.4, -0.2) is 35.4 Å². The van der Waals surface area contributed by atoms with Gasteiger partial charge in [-0.25, -0.2) is 4.79 Å². The molecule has 0 spiro atoms. The van der Waals surface area contributed by atoms with Crippen LogP contribution in [0, 0.1) is 0 Å². The van der Waals surface area contributed by atoms with E-state index in [-0.39, 0.29) is 24.9 Å². The van der Waals surface area contributed by atoms with E-state index >= 15 is 0 Å². The number of carbonyl (C=O) groups excluding carboxylic acids is 3. The number of anilines is 1. The van der Waals surface area contributed by atoms with Gasteiger partial charge in [0.05, 0.1) is 13.1 Å². The topological polar surface area (TPSA) is 87.7 Å². The second-order valence-electron chi connectivity index (χ2n) is 5.90. The maximum absolute atomic E-state index is 12.3. The summed E-state index contributed by atoms with van der Waals surface area (Å²) in [5, 5.41) is 5.26. The average Bonchev–Trinajstić information content (AvgIpc) is 2.95. The molecule has 1 fully saturated rings. The molecule has 2 N–H and O–H groups in total. The molecule has 1 atom stereocenters. The molecule has 1 aliphatic rings. The van der Waals surface area contributed by atoms with E-state index in [1.54, 1.807) is 43.3 Å². The molecule has 0 bridgehead atoms. The Hall–Kier alpha value is -3.35. The van der Waals surface area contributed by atoms with Crippen LogP contribution >= 0.6 is 0 Å². The van der Waals surface area contributed by atoms with Gasteiger partial charge in [-0.05, 0) is 36.8 Å². The van der Waals surface area contributed by atoms with Gasteiger partial charge in [-0.1, -0.05) is 30.3 Å². The van der Waals surface area contributed by atoms with Gasteiger partial charge in [-0.15, -0.1) is 0 Å². The Morgan fingerprint density at radius 1 is 1.19 bits per heavy atom. The van der Waals surface area contributed by atoms with Crippen LogP contribution in [0.3, 0.4) is 0 Å². The minimum Gasteiger partial charge on any atom is -0.481 e. The summed E-state index contributed by atoms with van der Waals surface area (Å²) in [5.41, 5.74) is 1.31. The van der Waals surface area contributed by atoms with E-state index in [1.807, 2.05) is 18.2 Å². The van der Waals surface area contributed by atoms with E-state index in [1.165, 1.54) is 0 Å². The molecule has 0 aromatic heterocycles. The molecule has 0 saturated carbocycles. The first kappa shape index (κ1) is 17.5. The molecule has 2 aromatic carbocycles. The summed E-state index contributed by atoms with van der Waals surface area (Å²) in [6, 6.07) is 15.7. The summed E-state index contributed by atoms with van der Waals surface area (Å²) >= 11 is 0. The van der Waals surface area contributed by atoms with Crippen molar-refractivity contribution in [3.05, 3.63) is 60.2 Å². The smallest absolute Gasteiger partial charge is 0.324 e. The summed E-state index contributed by atoms with van der Waals surface area (Å²) in [6.45, 7) is 1.84. The maximum atomic E-state index is 12.3. The molecule has 3 rings (SSSR count). The summed E-state index contributed by atoms with van der Waals surface area (Å²) in [4.78, 5) is 36.7. The van der Waals surface area contributed by atoms with E-state index in [0.29, 0.717) is 11.4 Å². The number of hydrogen-bond acceptors (Lipinski definition) is 4. The van der Waals surface area contributed by atoms with Crippen LogP contribution in [0.2, 0.25) is 0 Å². The van der Waals surface area contributed by atoms with Crippen LogP contribution < -0.4 is 15.4 Å². The van der Waals surface area contributed by atoms with Gasteiger partial charge in [0.1, 0.15) is 5.75 Å². The zero-order valence-electron chi connectivity index (χ0n) is 14.3. The summed E-state index contributed by atoms with van der Waals surface area (Å²) < 4.78 is 5.60. The van der Waals surface area contributed by atoms with Crippen molar-refractivity contribution in [3.8, 4) is 5.75 Å². The van der Waals surface area contributed by atoms with Crippen LogP contribution in [0.15, 0.2) is 54.6 Å². The van der Waals surface area contributed by atoms with Gasteiger partial charge < -0.3 is 15.4 Å². The monoisotopic (exact) mass is 353 g/mol. The van der Waals surface area contributed by atoms with Crippen molar-refractivity contribution >= 4 is 23.5 Å². The number of ether oxygens (including phenoxy) is 1. The summed E-state index contributed by atoms with van der Waals surface area (Å²) in [5.74, 6) is 0.0535. The minimum atomic E-state index is -0.674. The number of carbonyl (C=O) groups is 3. The van der Waals surface area contributed by atoms with E-state index < -0.39 is 12.1 Å². The standard InChI is InChI=1S/C19H19N3O4/c1-13(26-16-8-3-2-4-9-16)18(24)21-15-7-5-6-14(10-15)12-22-17(23)11-20-19(22)25/h2-10,13H,11-12H2,1H3,(H,20,25)(H,21,24)/t13-/m0/s1. The molecular formula is C19H19N3O4. The lowest BCUT2D eigenvalue weighted by Gasteiger charge is -2.16. The Morgan fingerprint density at radius 2 is 1.96 bits per heavy atom. The van der Waals surface area contributed by atoms with Crippen molar-refractivity contribution in [3.63, 3.8) is 0 Å². The maximum Gasteiger partial charge on any atom is 0.324 e. The second kappa shape index (κ2) is 7.69. The first-order chi connectivity index (χ1) is 12.5. The lowest BCUT2D eigenvalue weighted by atomic mass is 10.2. The third-order valence-electron chi connectivity index (χ3n) is 3.90. The van der Waals surface area contributed by atoms with Crippen LogP contribution in [0.25, 0.3) is 0 Å². The van der Waals surface area contributed by atoms with Gasteiger partial charge in [-0.2, -0.15) is 0 Å². The van der Waals surface area contributed by atoms with Crippen LogP contribution in [-0.2, 0) is 16.1 Å². The largest absolute Gasteiger partial charge is 0.481 e. The zero-order valence-corrected chi connectivity index (χ0v) is 14.3. The van der Waals surface area contributed by atoms with Crippen molar-refractivity contribution in [1.82, 2.24) is 10.2 Å². The molecule has 7 nitrogen and oxygen atoms in total. The van der Waals surface area contributed by atoms with Crippen molar-refractivity contribution in [2.24, 2.45) is 0 Å². The van der Waals surface area contributed by atoms with Gasteiger partial charge in [0.15, 0.2) is 6.10 Å². The number of amides is 4. The van der Waals surface area contributed by atoms with Crippen LogP contribution in [0.1, 0.15) is 12.5 Å². The highest BCUT2D eigenvalue weighted by Crippen LogP contribution is 2.16. The number of rotatable bonds is 6. The highest BCUT2D eigenvalue weighted by atomic mass is 16.5. The second-order valence-corrected chi connectivity index (χ2v) is 5.90. The third-order valence-corrected chi connectivity index (χ3v) is 3.90. The Kier molecular flexibility index (Phi) is 5.17. The Balaban J connectivity index is 1.62. The predicted molar refractivity (Wildman–Crippen MR) is 95.6 cm³/mol. The highest BCUT2D eigenvalue weighted by Gasteiger charge is 2.28. The van der Waals surface area contributed by atoms with E-state index in [2.05, 4.69) is 10.6 Å². The summed E-state index contributed by atoms with van der Waals surface area (Å²) in [7, 11) is 0. The fourth-order valence-corrected chi connectivity index (χ4v) is 2.55. The molecule has 0 unspecified atom stereocenters. The van der Waals surface area contributed by atoms with E-state index in [4.69, 9.17) is 4.74 Å². The molecule has 7 heteroatoms. The predicted octanol–water partition coefficient (Wildman–Crippen LogP) is 2.14.